The van der Waals surface area contributed by atoms with Crippen LogP contribution in [0.15, 0.2) is 11.1 Å². The molecule has 2 heterocycles. The fourth-order valence-corrected chi connectivity index (χ4v) is 6.67. The van der Waals surface area contributed by atoms with Gasteiger partial charge in [0.25, 0.3) is 10.0 Å². The summed E-state index contributed by atoms with van der Waals surface area (Å²) in [7, 11) is 0.0311. The van der Waals surface area contributed by atoms with E-state index >= 15 is 0 Å². The summed E-state index contributed by atoms with van der Waals surface area (Å²) in [4.78, 5) is 15.1. The van der Waals surface area contributed by atoms with Gasteiger partial charge in [0.05, 0.1) is 19.3 Å². The number of likely N-dealkylation sites (N-methyl/N-ethyl adjacent to an activating group) is 1. The highest BCUT2D eigenvalue weighted by atomic mass is 32.2. The van der Waals surface area contributed by atoms with E-state index in [9.17, 15) is 13.2 Å². The van der Waals surface area contributed by atoms with Crippen LogP contribution in [0.4, 0.5) is 10.5 Å². The van der Waals surface area contributed by atoms with Crippen molar-refractivity contribution >= 4 is 21.7 Å². The summed E-state index contributed by atoms with van der Waals surface area (Å²) in [5, 5.41) is 7.12. The van der Waals surface area contributed by atoms with Crippen molar-refractivity contribution in [2.24, 2.45) is 5.41 Å². The Hall–Kier alpha value is -2.59. The third-order valence-corrected chi connectivity index (χ3v) is 8.58. The monoisotopic (exact) mass is 501 g/mol. The van der Waals surface area contributed by atoms with Gasteiger partial charge in [-0.2, -0.15) is 5.10 Å². The molecule has 2 amide bonds. The number of rotatable bonds is 6. The van der Waals surface area contributed by atoms with Gasteiger partial charge in [-0.15, -0.1) is 0 Å². The molecule has 0 radical (unpaired) electrons. The summed E-state index contributed by atoms with van der Waals surface area (Å²) in [5.41, 5.74) is 7.19. The van der Waals surface area contributed by atoms with E-state index in [1.807, 2.05) is 13.8 Å². The van der Waals surface area contributed by atoms with Crippen LogP contribution in [0.3, 0.4) is 0 Å². The van der Waals surface area contributed by atoms with Crippen LogP contribution in [0.25, 0.3) is 0 Å². The molecule has 9 nitrogen and oxygen atoms in total. The van der Waals surface area contributed by atoms with Crippen molar-refractivity contribution in [3.63, 3.8) is 0 Å². The summed E-state index contributed by atoms with van der Waals surface area (Å²) in [6.45, 7) is 5.97. The number of aromatic nitrogens is 2. The van der Waals surface area contributed by atoms with E-state index in [1.165, 1.54) is 34.0 Å². The molecule has 0 bridgehead atoms. The van der Waals surface area contributed by atoms with Crippen LogP contribution in [0.5, 0.6) is 5.88 Å². The fourth-order valence-electron chi connectivity index (χ4n) is 5.69. The van der Waals surface area contributed by atoms with Crippen molar-refractivity contribution in [3.05, 3.63) is 34.0 Å². The second-order valence-corrected chi connectivity index (χ2v) is 12.7. The molecule has 2 aromatic rings. The van der Waals surface area contributed by atoms with Crippen LogP contribution in [0.2, 0.25) is 0 Å². The van der Waals surface area contributed by atoms with Crippen LogP contribution in [-0.2, 0) is 48.7 Å². The molecular weight excluding hydrogens is 466 g/mol. The maximum atomic E-state index is 13.1. The second kappa shape index (κ2) is 8.81. The summed E-state index contributed by atoms with van der Waals surface area (Å²) >= 11 is 0. The lowest BCUT2D eigenvalue weighted by molar-refractivity contribution is 0.0970. The molecule has 5 rings (SSSR count). The third-order valence-electron chi connectivity index (χ3n) is 7.27. The average Bonchev–Trinajstić information content (AvgIpc) is 3.51. The lowest BCUT2D eigenvalue weighted by atomic mass is 9.90. The normalized spacial score (nSPS) is 18.1. The molecule has 3 aliphatic rings. The highest BCUT2D eigenvalue weighted by Gasteiger charge is 2.35. The Labute approximate surface area is 207 Å². The molecule has 2 N–H and O–H groups in total. The number of carbonyl (C=O) groups excluding carboxylic acids is 1. The van der Waals surface area contributed by atoms with Crippen molar-refractivity contribution in [1.82, 2.24) is 19.4 Å². The number of hydrogen-bond donors (Lipinski definition) is 2. The zero-order chi connectivity index (χ0) is 25.0. The highest BCUT2D eigenvalue weighted by molar-refractivity contribution is 7.90. The number of nitrogens with zero attached hydrogens (tertiary/aromatic N) is 3. The molecule has 0 spiro atoms. The first-order valence-electron chi connectivity index (χ1n) is 12.4. The number of benzene rings is 1. The fraction of sp³-hybridized carbons (Fsp3) is 0.600. The van der Waals surface area contributed by atoms with Crippen molar-refractivity contribution < 1.29 is 17.9 Å². The smallest absolute Gasteiger partial charge is 0.333 e. The summed E-state index contributed by atoms with van der Waals surface area (Å²) in [6, 6.07) is -0.745. The molecule has 10 heteroatoms. The Morgan fingerprint density at radius 2 is 1.74 bits per heavy atom. The van der Waals surface area contributed by atoms with Crippen molar-refractivity contribution in [2.45, 2.75) is 70.2 Å². The van der Waals surface area contributed by atoms with E-state index in [0.717, 1.165) is 57.2 Å². The predicted molar refractivity (Wildman–Crippen MR) is 134 cm³/mol. The highest BCUT2D eigenvalue weighted by Crippen LogP contribution is 2.42. The Kier molecular flexibility index (Phi) is 6.07. The number of anilines is 1. The molecular formula is C25H35N5O4S. The van der Waals surface area contributed by atoms with Gasteiger partial charge in [-0.25, -0.2) is 22.6 Å². The van der Waals surface area contributed by atoms with Crippen LogP contribution >= 0.6 is 0 Å². The van der Waals surface area contributed by atoms with Crippen molar-refractivity contribution in [1.29, 1.82) is 0 Å². The summed E-state index contributed by atoms with van der Waals surface area (Å²) in [6.07, 6.45) is 8.19. The van der Waals surface area contributed by atoms with Gasteiger partial charge < -0.3 is 15.0 Å². The molecule has 0 unspecified atom stereocenters. The summed E-state index contributed by atoms with van der Waals surface area (Å²) in [5.74, 6) is 0.177. The molecule has 190 valence electrons. The van der Waals surface area contributed by atoms with E-state index in [1.54, 1.807) is 4.68 Å². The zero-order valence-electron chi connectivity index (χ0n) is 21.0. The third kappa shape index (κ3) is 4.53. The number of nitrogens with one attached hydrogen (secondary N) is 2. The van der Waals surface area contributed by atoms with E-state index in [4.69, 9.17) is 4.74 Å². The molecule has 2 aliphatic carbocycles. The van der Waals surface area contributed by atoms with Crippen molar-refractivity contribution in [3.8, 4) is 5.88 Å². The Balaban J connectivity index is 1.40. The van der Waals surface area contributed by atoms with Gasteiger partial charge in [0.1, 0.15) is 0 Å². The second-order valence-electron chi connectivity index (χ2n) is 11.0. The van der Waals surface area contributed by atoms with Gasteiger partial charge in [-0.05, 0) is 86.9 Å². The SMILES string of the molecule is CN(C)CCc1c2c(c(NC(=O)NS(=O)(=O)c3cnn4c3OCC(C)(C)C4)c3c1CCC3)CCC2. The van der Waals surface area contributed by atoms with E-state index in [-0.39, 0.29) is 16.2 Å². The molecule has 1 aromatic carbocycles. The first kappa shape index (κ1) is 24.1. The van der Waals surface area contributed by atoms with Gasteiger partial charge in [0.2, 0.25) is 5.88 Å². The van der Waals surface area contributed by atoms with E-state index in [0.29, 0.717) is 13.2 Å². The predicted octanol–water partition coefficient (Wildman–Crippen LogP) is 2.89. The molecule has 35 heavy (non-hydrogen) atoms. The standard InChI is InChI=1S/C25H35N5O4S/c1-25(2)14-30-23(34-15-25)21(13-26-30)35(32,33)28-24(31)27-22-19-9-5-7-16(19)18(11-12-29(3)4)17-8-6-10-20(17)22/h13H,5-12,14-15H2,1-4H3,(H2,27,28,31). The Morgan fingerprint density at radius 1 is 1.11 bits per heavy atom. The minimum atomic E-state index is -4.15. The lowest BCUT2D eigenvalue weighted by Gasteiger charge is -2.30. The Bertz CT molecular complexity index is 1240. The molecule has 1 aliphatic heterocycles. The number of amides is 2. The first-order chi connectivity index (χ1) is 16.6. The van der Waals surface area contributed by atoms with Crippen LogP contribution < -0.4 is 14.8 Å². The van der Waals surface area contributed by atoms with Crippen LogP contribution in [-0.4, -0.2) is 56.4 Å². The maximum Gasteiger partial charge on any atom is 0.333 e. The minimum Gasteiger partial charge on any atom is -0.476 e. The maximum absolute atomic E-state index is 13.1. The van der Waals surface area contributed by atoms with Gasteiger partial charge in [0, 0.05) is 17.6 Å². The quantitative estimate of drug-likeness (QED) is 0.631. The number of ether oxygens (including phenoxy) is 1. The number of fused-ring (bicyclic) bond motifs is 3. The first-order valence-corrected chi connectivity index (χ1v) is 13.9. The lowest BCUT2D eigenvalue weighted by Crippen LogP contribution is -2.36. The molecule has 0 fully saturated rings. The van der Waals surface area contributed by atoms with Gasteiger partial charge in [-0.3, -0.25) is 0 Å². The van der Waals surface area contributed by atoms with Gasteiger partial charge in [-0.1, -0.05) is 13.8 Å². The van der Waals surface area contributed by atoms with E-state index < -0.39 is 16.1 Å². The Morgan fingerprint density at radius 3 is 2.37 bits per heavy atom. The topological polar surface area (TPSA) is 106 Å². The van der Waals surface area contributed by atoms with Gasteiger partial charge in [0.15, 0.2) is 4.90 Å². The summed E-state index contributed by atoms with van der Waals surface area (Å²) < 4.78 is 35.6. The van der Waals surface area contributed by atoms with E-state index in [2.05, 4.69) is 34.1 Å². The number of sulfonamides is 1. The average molecular weight is 502 g/mol. The number of hydrogen-bond acceptors (Lipinski definition) is 6. The van der Waals surface area contributed by atoms with Crippen LogP contribution in [0.1, 0.15) is 54.5 Å². The molecule has 1 aromatic heterocycles. The number of carbonyl (C=O) groups is 1. The largest absolute Gasteiger partial charge is 0.476 e. The van der Waals surface area contributed by atoms with Crippen LogP contribution in [0, 0.1) is 5.41 Å². The minimum absolute atomic E-state index is 0.113. The molecule has 0 saturated carbocycles. The van der Waals surface area contributed by atoms with Crippen molar-refractivity contribution in [2.75, 3.05) is 32.6 Å². The molecule has 0 saturated heterocycles. The zero-order valence-corrected chi connectivity index (χ0v) is 21.8. The molecule has 0 atom stereocenters. The number of urea groups is 1. The van der Waals surface area contributed by atoms with Gasteiger partial charge >= 0.3 is 6.03 Å².